The van der Waals surface area contributed by atoms with Crippen LogP contribution in [0.2, 0.25) is 0 Å². The van der Waals surface area contributed by atoms with Gasteiger partial charge in [-0.15, -0.1) is 0 Å². The summed E-state index contributed by atoms with van der Waals surface area (Å²) >= 11 is 0. The minimum Gasteiger partial charge on any atom is -0.372 e. The molecule has 0 saturated heterocycles. The van der Waals surface area contributed by atoms with Crippen LogP contribution in [-0.2, 0) is 4.74 Å². The van der Waals surface area contributed by atoms with E-state index in [0.29, 0.717) is 0 Å². The van der Waals surface area contributed by atoms with Gasteiger partial charge in [0.15, 0.2) is 0 Å². The molecule has 18 heavy (non-hydrogen) atoms. The number of halogens is 5. The highest BCUT2D eigenvalue weighted by molar-refractivity contribution is 5.22. The Hall–Kier alpha value is -1.21. The fraction of sp³-hybridized carbons (Fsp3) is 0.455. The lowest BCUT2D eigenvalue weighted by atomic mass is 10.0. The maximum atomic E-state index is 13.3. The summed E-state index contributed by atoms with van der Waals surface area (Å²) in [5, 5.41) is 0. The van der Waals surface area contributed by atoms with Crippen molar-refractivity contribution >= 4 is 0 Å². The summed E-state index contributed by atoms with van der Waals surface area (Å²) in [6, 6.07) is 2.21. The first-order valence-electron chi connectivity index (χ1n) is 5.15. The molecule has 0 saturated carbocycles. The summed E-state index contributed by atoms with van der Waals surface area (Å²) in [7, 11) is 0. The van der Waals surface area contributed by atoms with Crippen LogP contribution in [0, 0.1) is 11.6 Å². The predicted octanol–water partition coefficient (Wildman–Crippen LogP) is 2.93. The standard InChI is InChI=1S/C11H12F5NO/c12-7-2-1-3-8(13)10(7)9(17)4-5-18-6-11(14,15)16/h1-3,9H,4-6,17H2. The first kappa shape index (κ1) is 14.8. The molecule has 0 spiro atoms. The number of benzene rings is 1. The fourth-order valence-electron chi connectivity index (χ4n) is 1.41. The second-order valence-electron chi connectivity index (χ2n) is 3.70. The molecule has 0 heterocycles. The first-order chi connectivity index (χ1) is 8.31. The largest absolute Gasteiger partial charge is 0.411 e. The summed E-state index contributed by atoms with van der Waals surface area (Å²) in [5.41, 5.74) is 5.17. The van der Waals surface area contributed by atoms with Crippen molar-refractivity contribution in [3.63, 3.8) is 0 Å². The van der Waals surface area contributed by atoms with Crippen LogP contribution in [-0.4, -0.2) is 19.4 Å². The molecule has 1 rings (SSSR count). The van der Waals surface area contributed by atoms with Gasteiger partial charge in [-0.2, -0.15) is 13.2 Å². The molecule has 1 unspecified atom stereocenters. The Balaban J connectivity index is 2.48. The molecule has 2 N–H and O–H groups in total. The van der Waals surface area contributed by atoms with E-state index in [1.807, 2.05) is 0 Å². The summed E-state index contributed by atoms with van der Waals surface area (Å²) in [5.74, 6) is -1.64. The zero-order valence-electron chi connectivity index (χ0n) is 9.31. The van der Waals surface area contributed by atoms with Crippen LogP contribution in [0.5, 0.6) is 0 Å². The molecule has 1 aromatic rings. The second kappa shape index (κ2) is 6.10. The molecule has 0 fully saturated rings. The maximum absolute atomic E-state index is 13.3. The third-order valence-electron chi connectivity index (χ3n) is 2.21. The average molecular weight is 269 g/mol. The van der Waals surface area contributed by atoms with E-state index in [0.717, 1.165) is 12.1 Å². The molecule has 0 aliphatic carbocycles. The lowest BCUT2D eigenvalue weighted by Crippen LogP contribution is -2.20. The van der Waals surface area contributed by atoms with Gasteiger partial charge in [-0.3, -0.25) is 0 Å². The Morgan fingerprint density at radius 2 is 1.72 bits per heavy atom. The lowest BCUT2D eigenvalue weighted by molar-refractivity contribution is -0.174. The van der Waals surface area contributed by atoms with Crippen molar-refractivity contribution < 1.29 is 26.7 Å². The van der Waals surface area contributed by atoms with Crippen molar-refractivity contribution in [3.8, 4) is 0 Å². The van der Waals surface area contributed by atoms with E-state index in [9.17, 15) is 22.0 Å². The molecular weight excluding hydrogens is 257 g/mol. The second-order valence-corrected chi connectivity index (χ2v) is 3.70. The molecule has 2 nitrogen and oxygen atoms in total. The van der Waals surface area contributed by atoms with Gasteiger partial charge in [0.1, 0.15) is 18.2 Å². The number of hydrogen-bond acceptors (Lipinski definition) is 2. The quantitative estimate of drug-likeness (QED) is 0.659. The van der Waals surface area contributed by atoms with Crippen molar-refractivity contribution in [3.05, 3.63) is 35.4 Å². The van der Waals surface area contributed by atoms with E-state index in [-0.39, 0.29) is 18.6 Å². The van der Waals surface area contributed by atoms with E-state index >= 15 is 0 Å². The molecule has 0 radical (unpaired) electrons. The SMILES string of the molecule is NC(CCOCC(F)(F)F)c1c(F)cccc1F. The van der Waals surface area contributed by atoms with Gasteiger partial charge in [-0.05, 0) is 18.6 Å². The Bertz CT molecular complexity index is 373. The Morgan fingerprint density at radius 1 is 1.17 bits per heavy atom. The van der Waals surface area contributed by atoms with Crippen molar-refractivity contribution in [1.29, 1.82) is 0 Å². The van der Waals surface area contributed by atoms with Crippen LogP contribution in [0.15, 0.2) is 18.2 Å². The third-order valence-corrected chi connectivity index (χ3v) is 2.21. The number of hydrogen-bond donors (Lipinski definition) is 1. The summed E-state index contributed by atoms with van der Waals surface area (Å²) in [4.78, 5) is 0. The van der Waals surface area contributed by atoms with Crippen molar-refractivity contribution in [2.75, 3.05) is 13.2 Å². The molecular formula is C11H12F5NO. The topological polar surface area (TPSA) is 35.2 Å². The molecule has 0 aromatic heterocycles. The highest BCUT2D eigenvalue weighted by Crippen LogP contribution is 2.21. The summed E-state index contributed by atoms with van der Waals surface area (Å²) < 4.78 is 66.1. The average Bonchev–Trinajstić information content (AvgIpc) is 2.23. The van der Waals surface area contributed by atoms with Gasteiger partial charge in [0.2, 0.25) is 0 Å². The Labute approximate surface area is 101 Å². The predicted molar refractivity (Wildman–Crippen MR) is 54.8 cm³/mol. The monoisotopic (exact) mass is 269 g/mol. The lowest BCUT2D eigenvalue weighted by Gasteiger charge is -2.14. The minimum absolute atomic E-state index is 0.103. The van der Waals surface area contributed by atoms with Crippen LogP contribution in [0.3, 0.4) is 0 Å². The zero-order chi connectivity index (χ0) is 13.8. The summed E-state index contributed by atoms with van der Waals surface area (Å²) in [6.07, 6.45) is -4.53. The van der Waals surface area contributed by atoms with Crippen LogP contribution in [0.1, 0.15) is 18.0 Å². The van der Waals surface area contributed by atoms with Gasteiger partial charge in [0.05, 0.1) is 0 Å². The number of alkyl halides is 3. The molecule has 0 aliphatic heterocycles. The van der Waals surface area contributed by atoms with Gasteiger partial charge in [0.25, 0.3) is 0 Å². The minimum atomic E-state index is -4.42. The number of rotatable bonds is 5. The van der Waals surface area contributed by atoms with Crippen LogP contribution < -0.4 is 5.73 Å². The highest BCUT2D eigenvalue weighted by atomic mass is 19.4. The van der Waals surface area contributed by atoms with Crippen LogP contribution in [0.25, 0.3) is 0 Å². The van der Waals surface area contributed by atoms with E-state index in [4.69, 9.17) is 5.73 Å². The smallest absolute Gasteiger partial charge is 0.372 e. The highest BCUT2D eigenvalue weighted by Gasteiger charge is 2.27. The van der Waals surface area contributed by atoms with E-state index < -0.39 is 30.5 Å². The van der Waals surface area contributed by atoms with E-state index in [2.05, 4.69) is 4.74 Å². The van der Waals surface area contributed by atoms with Gasteiger partial charge in [-0.25, -0.2) is 8.78 Å². The number of ether oxygens (including phenoxy) is 1. The maximum Gasteiger partial charge on any atom is 0.411 e. The molecule has 102 valence electrons. The molecule has 0 bridgehead atoms. The van der Waals surface area contributed by atoms with Crippen molar-refractivity contribution in [1.82, 2.24) is 0 Å². The molecule has 7 heteroatoms. The molecule has 0 aliphatic rings. The molecule has 0 amide bonds. The van der Waals surface area contributed by atoms with Crippen LogP contribution >= 0.6 is 0 Å². The van der Waals surface area contributed by atoms with Gasteiger partial charge in [0, 0.05) is 18.2 Å². The number of nitrogens with two attached hydrogens (primary N) is 1. The molecule has 1 atom stereocenters. The summed E-state index contributed by atoms with van der Waals surface area (Å²) in [6.45, 7) is -1.73. The Morgan fingerprint density at radius 3 is 2.22 bits per heavy atom. The Kier molecular flexibility index (Phi) is 5.03. The molecule has 1 aromatic carbocycles. The van der Waals surface area contributed by atoms with Crippen molar-refractivity contribution in [2.24, 2.45) is 5.73 Å². The van der Waals surface area contributed by atoms with Gasteiger partial charge >= 0.3 is 6.18 Å². The zero-order valence-corrected chi connectivity index (χ0v) is 9.31. The first-order valence-corrected chi connectivity index (χ1v) is 5.15. The van der Waals surface area contributed by atoms with Gasteiger partial charge < -0.3 is 10.5 Å². The van der Waals surface area contributed by atoms with Gasteiger partial charge in [-0.1, -0.05) is 6.07 Å². The third kappa shape index (κ3) is 4.58. The van der Waals surface area contributed by atoms with Crippen LogP contribution in [0.4, 0.5) is 22.0 Å². The van der Waals surface area contributed by atoms with E-state index in [1.165, 1.54) is 6.07 Å². The van der Waals surface area contributed by atoms with E-state index in [1.54, 1.807) is 0 Å². The van der Waals surface area contributed by atoms with Crippen molar-refractivity contribution in [2.45, 2.75) is 18.6 Å². The fourth-order valence-corrected chi connectivity index (χ4v) is 1.41. The normalized spacial score (nSPS) is 13.7.